The van der Waals surface area contributed by atoms with Crippen molar-refractivity contribution in [1.29, 1.82) is 0 Å². The third kappa shape index (κ3) is 3.25. The van der Waals surface area contributed by atoms with Gasteiger partial charge in [0.15, 0.2) is 0 Å². The summed E-state index contributed by atoms with van der Waals surface area (Å²) in [4.78, 5) is 0. The van der Waals surface area contributed by atoms with Gasteiger partial charge in [-0.15, -0.1) is 0 Å². The molecule has 2 N–H and O–H groups in total. The molecular weight excluding hydrogens is 246 g/mol. The zero-order valence-electron chi connectivity index (χ0n) is 11.1. The number of hydrogen-bond donors (Lipinski definition) is 2. The maximum atomic E-state index is 9.30. The van der Waals surface area contributed by atoms with Crippen LogP contribution in [0, 0.1) is 5.92 Å². The number of hydrogen-bond acceptors (Lipinski definition) is 2. The van der Waals surface area contributed by atoms with Crippen molar-refractivity contribution in [3.63, 3.8) is 0 Å². The Balaban J connectivity index is 1.83. The molecule has 2 nitrogen and oxygen atoms in total. The molecule has 18 heavy (non-hydrogen) atoms. The van der Waals surface area contributed by atoms with Gasteiger partial charge in [0.1, 0.15) is 0 Å². The van der Waals surface area contributed by atoms with Gasteiger partial charge in [0.2, 0.25) is 0 Å². The summed E-state index contributed by atoms with van der Waals surface area (Å²) in [6.07, 6.45) is 2.28. The van der Waals surface area contributed by atoms with Crippen molar-refractivity contribution in [2.45, 2.75) is 44.7 Å². The molecule has 0 aliphatic heterocycles. The zero-order chi connectivity index (χ0) is 13.1. The highest BCUT2D eigenvalue weighted by Crippen LogP contribution is 2.38. The molecule has 3 heteroatoms. The molecule has 100 valence electrons. The van der Waals surface area contributed by atoms with Crippen LogP contribution in [0.5, 0.6) is 0 Å². The van der Waals surface area contributed by atoms with E-state index in [-0.39, 0.29) is 12.6 Å². The van der Waals surface area contributed by atoms with Crippen LogP contribution in [0.25, 0.3) is 0 Å². The number of aliphatic hydroxyl groups excluding tert-OH is 1. The SMILES string of the molecule is CC(C)C(CO)NC1CC(c2cccc(Cl)c2)C1. The maximum absolute atomic E-state index is 9.30. The van der Waals surface area contributed by atoms with Crippen molar-refractivity contribution in [3.8, 4) is 0 Å². The smallest absolute Gasteiger partial charge is 0.0587 e. The summed E-state index contributed by atoms with van der Waals surface area (Å²) in [5.41, 5.74) is 1.34. The predicted octanol–water partition coefficient (Wildman–Crippen LogP) is 3.19. The first-order valence-electron chi connectivity index (χ1n) is 6.72. The molecule has 1 fully saturated rings. The van der Waals surface area contributed by atoms with E-state index in [9.17, 15) is 5.11 Å². The monoisotopic (exact) mass is 267 g/mol. The van der Waals surface area contributed by atoms with Crippen molar-refractivity contribution >= 4 is 11.6 Å². The van der Waals surface area contributed by atoms with E-state index in [1.54, 1.807) is 0 Å². The fourth-order valence-corrected chi connectivity index (χ4v) is 2.74. The number of benzene rings is 1. The predicted molar refractivity (Wildman–Crippen MR) is 76.1 cm³/mol. The van der Waals surface area contributed by atoms with Crippen LogP contribution in [0.3, 0.4) is 0 Å². The molecule has 1 atom stereocenters. The molecule has 0 aromatic heterocycles. The molecular formula is C15H22ClNO. The van der Waals surface area contributed by atoms with E-state index in [1.807, 2.05) is 12.1 Å². The summed E-state index contributed by atoms with van der Waals surface area (Å²) in [7, 11) is 0. The minimum Gasteiger partial charge on any atom is -0.395 e. The summed E-state index contributed by atoms with van der Waals surface area (Å²) in [5.74, 6) is 1.09. The Morgan fingerprint density at radius 3 is 2.67 bits per heavy atom. The summed E-state index contributed by atoms with van der Waals surface area (Å²) >= 11 is 6.01. The number of nitrogens with one attached hydrogen (secondary N) is 1. The number of rotatable bonds is 5. The minimum atomic E-state index is 0.218. The average Bonchev–Trinajstić information content (AvgIpc) is 2.27. The first-order chi connectivity index (χ1) is 8.60. The number of halogens is 1. The van der Waals surface area contributed by atoms with E-state index in [1.165, 1.54) is 5.56 Å². The third-order valence-corrected chi connectivity index (χ3v) is 4.14. The second-order valence-electron chi connectivity index (χ2n) is 5.62. The van der Waals surface area contributed by atoms with E-state index in [0.717, 1.165) is 17.9 Å². The third-order valence-electron chi connectivity index (χ3n) is 3.91. The topological polar surface area (TPSA) is 32.3 Å². The van der Waals surface area contributed by atoms with Gasteiger partial charge in [0, 0.05) is 17.1 Å². The molecule has 1 aliphatic rings. The van der Waals surface area contributed by atoms with E-state index in [4.69, 9.17) is 11.6 Å². The van der Waals surface area contributed by atoms with Gasteiger partial charge in [-0.3, -0.25) is 0 Å². The molecule has 1 aliphatic carbocycles. The first kappa shape index (κ1) is 13.9. The maximum Gasteiger partial charge on any atom is 0.0587 e. The van der Waals surface area contributed by atoms with Gasteiger partial charge in [-0.1, -0.05) is 37.6 Å². The molecule has 1 saturated carbocycles. The van der Waals surface area contributed by atoms with E-state index in [2.05, 4.69) is 31.3 Å². The first-order valence-corrected chi connectivity index (χ1v) is 7.10. The van der Waals surface area contributed by atoms with Gasteiger partial charge in [-0.25, -0.2) is 0 Å². The van der Waals surface area contributed by atoms with Crippen molar-refractivity contribution in [2.75, 3.05) is 6.61 Å². The second kappa shape index (κ2) is 6.05. The molecule has 0 amide bonds. The van der Waals surface area contributed by atoms with Crippen LogP contribution >= 0.6 is 11.6 Å². The standard InChI is InChI=1S/C15H22ClNO/c1-10(2)15(9-18)17-14-7-12(8-14)11-4-3-5-13(16)6-11/h3-6,10,12,14-15,17-18H,7-9H2,1-2H3. The molecule has 1 aromatic carbocycles. The number of aliphatic hydroxyl groups is 1. The Morgan fingerprint density at radius 1 is 1.39 bits per heavy atom. The van der Waals surface area contributed by atoms with E-state index < -0.39 is 0 Å². The quantitative estimate of drug-likeness (QED) is 0.859. The highest BCUT2D eigenvalue weighted by atomic mass is 35.5. The van der Waals surface area contributed by atoms with Gasteiger partial charge in [0.25, 0.3) is 0 Å². The van der Waals surface area contributed by atoms with E-state index in [0.29, 0.717) is 17.9 Å². The van der Waals surface area contributed by atoms with Crippen LogP contribution in [-0.2, 0) is 0 Å². The van der Waals surface area contributed by atoms with E-state index >= 15 is 0 Å². The van der Waals surface area contributed by atoms with Crippen LogP contribution in [0.4, 0.5) is 0 Å². The minimum absolute atomic E-state index is 0.218. The van der Waals surface area contributed by atoms with Crippen LogP contribution in [-0.4, -0.2) is 23.8 Å². The van der Waals surface area contributed by atoms with Crippen molar-refractivity contribution < 1.29 is 5.11 Å². The Morgan fingerprint density at radius 2 is 2.11 bits per heavy atom. The molecule has 2 rings (SSSR count). The van der Waals surface area contributed by atoms with Gasteiger partial charge in [0.05, 0.1) is 6.61 Å². The summed E-state index contributed by atoms with van der Waals surface area (Å²) < 4.78 is 0. The Labute approximate surface area is 114 Å². The van der Waals surface area contributed by atoms with Gasteiger partial charge >= 0.3 is 0 Å². The van der Waals surface area contributed by atoms with Crippen molar-refractivity contribution in [1.82, 2.24) is 5.32 Å². The largest absolute Gasteiger partial charge is 0.395 e. The van der Waals surface area contributed by atoms with Crippen molar-refractivity contribution in [3.05, 3.63) is 34.9 Å². The molecule has 1 unspecified atom stereocenters. The molecule has 1 aromatic rings. The summed E-state index contributed by atoms with van der Waals surface area (Å²) in [5, 5.41) is 13.7. The summed E-state index contributed by atoms with van der Waals surface area (Å²) in [6.45, 7) is 4.50. The highest BCUT2D eigenvalue weighted by Gasteiger charge is 2.32. The molecule has 0 bridgehead atoms. The van der Waals surface area contributed by atoms with Gasteiger partial charge in [-0.2, -0.15) is 0 Å². The fraction of sp³-hybridized carbons (Fsp3) is 0.600. The average molecular weight is 268 g/mol. The van der Waals surface area contributed by atoms with Crippen LogP contribution in [0.15, 0.2) is 24.3 Å². The fourth-order valence-electron chi connectivity index (χ4n) is 2.55. The zero-order valence-corrected chi connectivity index (χ0v) is 11.8. The lowest BCUT2D eigenvalue weighted by atomic mass is 9.75. The van der Waals surface area contributed by atoms with Crippen LogP contribution < -0.4 is 5.32 Å². The summed E-state index contributed by atoms with van der Waals surface area (Å²) in [6, 6.07) is 8.90. The Kier molecular flexibility index (Phi) is 4.66. The molecule has 0 spiro atoms. The Hall–Kier alpha value is -0.570. The second-order valence-corrected chi connectivity index (χ2v) is 6.06. The highest BCUT2D eigenvalue weighted by molar-refractivity contribution is 6.30. The molecule has 0 radical (unpaired) electrons. The van der Waals surface area contributed by atoms with Gasteiger partial charge in [-0.05, 0) is 42.4 Å². The van der Waals surface area contributed by atoms with Crippen molar-refractivity contribution in [2.24, 2.45) is 5.92 Å². The normalized spacial score (nSPS) is 24.9. The molecule has 0 heterocycles. The lowest BCUT2D eigenvalue weighted by molar-refractivity contribution is 0.169. The van der Waals surface area contributed by atoms with Crippen LogP contribution in [0.2, 0.25) is 5.02 Å². The Bertz CT molecular complexity index is 388. The van der Waals surface area contributed by atoms with Gasteiger partial charge < -0.3 is 10.4 Å². The lowest BCUT2D eigenvalue weighted by Gasteiger charge is -2.39. The molecule has 0 saturated heterocycles. The van der Waals surface area contributed by atoms with Crippen LogP contribution in [0.1, 0.15) is 38.2 Å². The lowest BCUT2D eigenvalue weighted by Crippen LogP contribution is -2.49.